The van der Waals surface area contributed by atoms with Crippen LogP contribution in [0.1, 0.15) is 92.9 Å². The molecule has 0 aliphatic rings. The van der Waals surface area contributed by atoms with E-state index in [9.17, 15) is 67.7 Å². The standard InChI is InChI=1S/C37H60N8O16/c1-7-9-22(31(54)35(58)39-16-28(52)53)41-25(47)17-45(15-8-10-21(38)37(60)61)36(59)30(19(4)5)44-34(57)29(18(2)3)43-33(56)24(12-14-27(50)51)42-32(55)23(40-20(6)46)11-13-26(48)49/h18-19,21-24,29-30H,7-17,38H2,1-6H3,(H,39,58)(H,40,46)(H,41,47)(H,42,55)(H,43,56)(H,44,57)(H,48,49)(H,50,51)(H,52,53)(H,60,61). The summed E-state index contributed by atoms with van der Waals surface area (Å²) >= 11 is 0. The van der Waals surface area contributed by atoms with Crippen LogP contribution in [0.3, 0.4) is 0 Å². The molecule has 0 rings (SSSR count). The Morgan fingerprint density at radius 2 is 1.11 bits per heavy atom. The maximum absolute atomic E-state index is 14.1. The lowest BCUT2D eigenvalue weighted by Gasteiger charge is -2.32. The highest BCUT2D eigenvalue weighted by Crippen LogP contribution is 2.13. The Kier molecular flexibility index (Phi) is 24.7. The second-order valence-corrected chi connectivity index (χ2v) is 14.8. The molecule has 24 heteroatoms. The Hall–Kier alpha value is -6.20. The highest BCUT2D eigenvalue weighted by atomic mass is 16.4. The zero-order valence-corrected chi connectivity index (χ0v) is 35.1. The number of carboxylic acid groups (broad SMARTS) is 4. The summed E-state index contributed by atoms with van der Waals surface area (Å²) < 4.78 is 0. The average molecular weight is 873 g/mol. The fourth-order valence-electron chi connectivity index (χ4n) is 5.60. The van der Waals surface area contributed by atoms with Gasteiger partial charge < -0.3 is 63.0 Å². The van der Waals surface area contributed by atoms with Crippen LogP contribution >= 0.6 is 0 Å². The van der Waals surface area contributed by atoms with E-state index in [0.717, 1.165) is 11.8 Å². The van der Waals surface area contributed by atoms with Crippen molar-refractivity contribution < 1.29 is 78.0 Å². The van der Waals surface area contributed by atoms with Crippen molar-refractivity contribution in [3.63, 3.8) is 0 Å². The molecule has 0 heterocycles. The number of rotatable bonds is 30. The topological polar surface area (TPSA) is 387 Å². The summed E-state index contributed by atoms with van der Waals surface area (Å²) in [5.41, 5.74) is 5.62. The second-order valence-electron chi connectivity index (χ2n) is 14.8. The van der Waals surface area contributed by atoms with Crippen LogP contribution in [0.25, 0.3) is 0 Å². The van der Waals surface area contributed by atoms with E-state index in [1.54, 1.807) is 20.8 Å². The number of carboxylic acids is 4. The molecule has 7 amide bonds. The molecule has 6 unspecified atom stereocenters. The van der Waals surface area contributed by atoms with E-state index >= 15 is 0 Å². The summed E-state index contributed by atoms with van der Waals surface area (Å²) in [4.78, 5) is 150. The lowest BCUT2D eigenvalue weighted by molar-refractivity contribution is -0.143. The SMILES string of the molecule is CCCC(NC(=O)CN(CCCC(N)C(=O)O)C(=O)C(NC(=O)C(NC(=O)C(CCC(=O)O)NC(=O)C(CCC(=O)O)NC(C)=O)C(C)C)C(C)C)C(=O)C(=O)NCC(=O)O. The van der Waals surface area contributed by atoms with Crippen molar-refractivity contribution in [3.05, 3.63) is 0 Å². The molecule has 0 aromatic heterocycles. The Balaban J connectivity index is 6.51. The molecular formula is C37H60N8O16. The first-order valence-electron chi connectivity index (χ1n) is 19.5. The van der Waals surface area contributed by atoms with Gasteiger partial charge in [-0.3, -0.25) is 57.5 Å². The number of nitrogens with zero attached hydrogens (tertiary/aromatic N) is 1. The zero-order chi connectivity index (χ0) is 47.1. The van der Waals surface area contributed by atoms with Crippen molar-refractivity contribution in [2.24, 2.45) is 17.6 Å². The minimum atomic E-state index is -1.60. The van der Waals surface area contributed by atoms with E-state index in [0.29, 0.717) is 6.42 Å². The highest BCUT2D eigenvalue weighted by Gasteiger charge is 2.36. The predicted octanol–water partition coefficient (Wildman–Crippen LogP) is -2.94. The first-order chi connectivity index (χ1) is 28.3. The molecule has 24 nitrogen and oxygen atoms in total. The largest absolute Gasteiger partial charge is 0.481 e. The third-order valence-corrected chi connectivity index (χ3v) is 8.86. The van der Waals surface area contributed by atoms with Crippen LogP contribution in [-0.4, -0.2) is 152 Å². The molecule has 344 valence electrons. The van der Waals surface area contributed by atoms with Gasteiger partial charge in [-0.25, -0.2) is 0 Å². The summed E-state index contributed by atoms with van der Waals surface area (Å²) in [6.07, 6.45) is -1.97. The average Bonchev–Trinajstić information content (AvgIpc) is 3.15. The maximum atomic E-state index is 14.1. The fraction of sp³-hybridized carbons (Fsp3) is 0.676. The monoisotopic (exact) mass is 872 g/mol. The van der Waals surface area contributed by atoms with Gasteiger partial charge in [0.05, 0.1) is 12.6 Å². The fourth-order valence-corrected chi connectivity index (χ4v) is 5.60. The van der Waals surface area contributed by atoms with E-state index in [4.69, 9.17) is 15.9 Å². The lowest BCUT2D eigenvalue weighted by Crippen LogP contribution is -2.60. The van der Waals surface area contributed by atoms with Crippen molar-refractivity contribution in [3.8, 4) is 0 Å². The summed E-state index contributed by atoms with van der Waals surface area (Å²) in [6, 6.07) is -8.59. The molecule has 0 saturated carbocycles. The van der Waals surface area contributed by atoms with Gasteiger partial charge in [0.15, 0.2) is 0 Å². The molecule has 0 spiro atoms. The molecule has 0 saturated heterocycles. The number of carbonyl (C=O) groups is 12. The molecule has 0 bridgehead atoms. The molecule has 0 aliphatic carbocycles. The first-order valence-corrected chi connectivity index (χ1v) is 19.5. The number of carbonyl (C=O) groups excluding carboxylic acids is 8. The third-order valence-electron chi connectivity index (χ3n) is 8.86. The zero-order valence-electron chi connectivity index (χ0n) is 35.1. The minimum absolute atomic E-state index is 0.0408. The van der Waals surface area contributed by atoms with Crippen LogP contribution < -0.4 is 37.6 Å². The molecular weight excluding hydrogens is 812 g/mol. The normalized spacial score (nSPS) is 13.9. The van der Waals surface area contributed by atoms with Gasteiger partial charge in [-0.05, 0) is 43.9 Å². The number of amides is 7. The van der Waals surface area contributed by atoms with E-state index in [2.05, 4.69) is 26.6 Å². The molecule has 0 aromatic carbocycles. The van der Waals surface area contributed by atoms with E-state index in [-0.39, 0.29) is 32.2 Å². The number of Topliss-reactive ketones (excluding diaryl/α,β-unsaturated/α-hetero) is 1. The van der Waals surface area contributed by atoms with Crippen molar-refractivity contribution in [2.75, 3.05) is 19.6 Å². The van der Waals surface area contributed by atoms with E-state index < -0.39 is 151 Å². The van der Waals surface area contributed by atoms with Gasteiger partial charge in [0.2, 0.25) is 41.2 Å². The Morgan fingerprint density at radius 3 is 1.57 bits per heavy atom. The number of hydrogen-bond donors (Lipinski definition) is 11. The van der Waals surface area contributed by atoms with Gasteiger partial charge in [-0.1, -0.05) is 41.0 Å². The maximum Gasteiger partial charge on any atom is 0.322 e. The van der Waals surface area contributed by atoms with E-state index in [1.807, 2.05) is 5.32 Å². The van der Waals surface area contributed by atoms with Gasteiger partial charge in [-0.2, -0.15) is 0 Å². The predicted molar refractivity (Wildman–Crippen MR) is 211 cm³/mol. The summed E-state index contributed by atoms with van der Waals surface area (Å²) in [5.74, 6) is -14.6. The number of nitrogens with two attached hydrogens (primary N) is 1. The minimum Gasteiger partial charge on any atom is -0.481 e. The van der Waals surface area contributed by atoms with Gasteiger partial charge in [0.25, 0.3) is 5.91 Å². The molecule has 0 radical (unpaired) electrons. The Morgan fingerprint density at radius 1 is 0.607 bits per heavy atom. The smallest absolute Gasteiger partial charge is 0.322 e. The van der Waals surface area contributed by atoms with Crippen LogP contribution in [-0.2, 0) is 57.5 Å². The van der Waals surface area contributed by atoms with Crippen molar-refractivity contribution in [1.29, 1.82) is 0 Å². The van der Waals surface area contributed by atoms with Gasteiger partial charge in [0, 0.05) is 26.3 Å². The number of aliphatic carboxylic acids is 4. The number of ketones is 1. The molecule has 0 aromatic rings. The first kappa shape index (κ1) is 54.8. The van der Waals surface area contributed by atoms with Crippen LogP contribution in [0.4, 0.5) is 0 Å². The third kappa shape index (κ3) is 21.6. The van der Waals surface area contributed by atoms with Gasteiger partial charge in [0.1, 0.15) is 36.8 Å². The van der Waals surface area contributed by atoms with Crippen molar-refractivity contribution >= 4 is 71.0 Å². The van der Waals surface area contributed by atoms with Crippen molar-refractivity contribution in [2.45, 2.75) is 129 Å². The lowest BCUT2D eigenvalue weighted by atomic mass is 9.98. The molecule has 0 fully saturated rings. The highest BCUT2D eigenvalue weighted by molar-refractivity contribution is 6.38. The Bertz CT molecular complexity index is 1620. The quantitative estimate of drug-likeness (QED) is 0.0322. The van der Waals surface area contributed by atoms with Gasteiger partial charge >= 0.3 is 23.9 Å². The van der Waals surface area contributed by atoms with Crippen molar-refractivity contribution in [1.82, 2.24) is 36.8 Å². The molecule has 0 aliphatic heterocycles. The summed E-state index contributed by atoms with van der Waals surface area (Å²) in [7, 11) is 0. The summed E-state index contributed by atoms with van der Waals surface area (Å²) in [5, 5.41) is 50.3. The van der Waals surface area contributed by atoms with Crippen LogP contribution in [0.2, 0.25) is 0 Å². The summed E-state index contributed by atoms with van der Waals surface area (Å²) in [6.45, 7) is 6.96. The number of hydrogen-bond acceptors (Lipinski definition) is 13. The molecule has 6 atom stereocenters. The Labute approximate surface area is 351 Å². The van der Waals surface area contributed by atoms with Crippen LogP contribution in [0.5, 0.6) is 0 Å². The molecule has 61 heavy (non-hydrogen) atoms. The van der Waals surface area contributed by atoms with E-state index in [1.165, 1.54) is 13.8 Å². The molecule has 12 N–H and O–H groups in total. The second kappa shape index (κ2) is 27.5. The number of nitrogens with one attached hydrogen (secondary N) is 6. The van der Waals surface area contributed by atoms with Crippen LogP contribution in [0, 0.1) is 11.8 Å². The van der Waals surface area contributed by atoms with Crippen LogP contribution in [0.15, 0.2) is 0 Å². The van der Waals surface area contributed by atoms with Gasteiger partial charge in [-0.15, -0.1) is 0 Å².